The van der Waals surface area contributed by atoms with Crippen molar-refractivity contribution in [3.8, 4) is 56.1 Å². The highest BCUT2D eigenvalue weighted by Crippen LogP contribution is 2.40. The van der Waals surface area contributed by atoms with E-state index in [1.54, 1.807) is 11.3 Å². The second kappa shape index (κ2) is 14.2. The molecule has 5 aromatic heterocycles. The SMILES string of the molecule is c1ccc(-c2cc(-n3c4ccccc4c4cc(-c5ccc6c7ccccc7n(-c7ccc(-c8cnc9sc%10ccccc%10c9c8)cc7)c6c5)ccc43)cc(-c3ccccc3)n2)cc1. The van der Waals surface area contributed by atoms with Crippen LogP contribution in [0.25, 0.3) is 120 Å². The number of aromatic nitrogens is 4. The third-order valence-electron chi connectivity index (χ3n) is 12.6. The van der Waals surface area contributed by atoms with E-state index in [1.165, 1.54) is 59.2 Å². The van der Waals surface area contributed by atoms with Crippen LogP contribution in [0.4, 0.5) is 0 Å². The number of hydrogen-bond acceptors (Lipinski definition) is 3. The van der Waals surface area contributed by atoms with Crippen LogP contribution in [-0.4, -0.2) is 19.1 Å². The molecule has 294 valence electrons. The summed E-state index contributed by atoms with van der Waals surface area (Å²) in [5.74, 6) is 0. The number of pyridine rings is 2. The molecule has 0 spiro atoms. The highest BCUT2D eigenvalue weighted by molar-refractivity contribution is 7.25. The van der Waals surface area contributed by atoms with E-state index < -0.39 is 0 Å². The minimum absolute atomic E-state index is 0.943. The van der Waals surface area contributed by atoms with Crippen LogP contribution in [0.3, 0.4) is 0 Å². The summed E-state index contributed by atoms with van der Waals surface area (Å²) in [4.78, 5) is 11.1. The van der Waals surface area contributed by atoms with Crippen LogP contribution in [-0.2, 0) is 0 Å². The molecule has 0 saturated carbocycles. The summed E-state index contributed by atoms with van der Waals surface area (Å²) in [6.07, 6.45) is 2.01. The maximum Gasteiger partial charge on any atom is 0.124 e. The van der Waals surface area contributed by atoms with Crippen molar-refractivity contribution in [3.63, 3.8) is 0 Å². The fourth-order valence-electron chi connectivity index (χ4n) is 9.59. The molecule has 13 aromatic rings. The van der Waals surface area contributed by atoms with E-state index in [9.17, 15) is 0 Å². The Hall–Kier alpha value is -8.12. The minimum atomic E-state index is 0.943. The van der Waals surface area contributed by atoms with Crippen molar-refractivity contribution in [2.75, 3.05) is 0 Å². The van der Waals surface area contributed by atoms with Gasteiger partial charge in [-0.05, 0) is 83.4 Å². The van der Waals surface area contributed by atoms with Gasteiger partial charge in [0.25, 0.3) is 0 Å². The van der Waals surface area contributed by atoms with Gasteiger partial charge in [0.1, 0.15) is 4.83 Å². The molecule has 8 aromatic carbocycles. The molecule has 0 amide bonds. The van der Waals surface area contributed by atoms with Crippen molar-refractivity contribution in [3.05, 3.63) is 219 Å². The highest BCUT2D eigenvalue weighted by Gasteiger charge is 2.18. The second-order valence-electron chi connectivity index (χ2n) is 16.2. The van der Waals surface area contributed by atoms with Crippen LogP contribution in [0, 0.1) is 0 Å². The molecule has 0 radical (unpaired) electrons. The lowest BCUT2D eigenvalue weighted by atomic mass is 10.0. The van der Waals surface area contributed by atoms with Gasteiger partial charge in [-0.2, -0.15) is 0 Å². The maximum atomic E-state index is 5.18. The van der Waals surface area contributed by atoms with Gasteiger partial charge >= 0.3 is 0 Å². The first-order valence-electron chi connectivity index (χ1n) is 21.3. The molecule has 0 aliphatic carbocycles. The molecule has 63 heavy (non-hydrogen) atoms. The van der Waals surface area contributed by atoms with Crippen molar-refractivity contribution in [2.45, 2.75) is 0 Å². The molecule has 0 bridgehead atoms. The predicted octanol–water partition coefficient (Wildman–Crippen LogP) is 15.7. The standard InChI is InChI=1S/C58H36N4S/c1-3-13-38(14-4-1)51-34-44(35-52(60-51)39-15-5-2-6-16-39)62-54-21-11-8-18-46(54)49-31-40(26-30-55(49)62)41-25-29-47-45-17-7-10-20-53(45)61(56(47)33-41)43-27-23-37(24-28-43)42-32-50-48-19-9-12-22-57(48)63-58(50)59-36-42/h1-36H. The number of para-hydroxylation sites is 2. The number of fused-ring (bicyclic) bond motifs is 9. The van der Waals surface area contributed by atoms with Gasteiger partial charge in [-0.1, -0.05) is 146 Å². The fraction of sp³-hybridized carbons (Fsp3) is 0. The number of hydrogen-bond donors (Lipinski definition) is 0. The molecular formula is C58H36N4S. The van der Waals surface area contributed by atoms with Crippen LogP contribution in [0.2, 0.25) is 0 Å². The number of nitrogens with zero attached hydrogens (tertiary/aromatic N) is 4. The van der Waals surface area contributed by atoms with Gasteiger partial charge in [0.2, 0.25) is 0 Å². The zero-order valence-electron chi connectivity index (χ0n) is 34.0. The number of benzene rings is 8. The van der Waals surface area contributed by atoms with Crippen molar-refractivity contribution in [1.29, 1.82) is 0 Å². The predicted molar refractivity (Wildman–Crippen MR) is 265 cm³/mol. The van der Waals surface area contributed by atoms with Gasteiger partial charge in [0.15, 0.2) is 0 Å². The normalized spacial score (nSPS) is 11.8. The van der Waals surface area contributed by atoms with Gasteiger partial charge in [-0.25, -0.2) is 9.97 Å². The van der Waals surface area contributed by atoms with E-state index in [0.29, 0.717) is 0 Å². The van der Waals surface area contributed by atoms with Crippen molar-refractivity contribution >= 4 is 75.3 Å². The lowest BCUT2D eigenvalue weighted by Gasteiger charge is -2.13. The van der Waals surface area contributed by atoms with Gasteiger partial charge in [0, 0.05) is 65.6 Å². The maximum absolute atomic E-state index is 5.18. The Kier molecular flexibility index (Phi) is 8.05. The Labute approximate surface area is 367 Å². The quantitative estimate of drug-likeness (QED) is 0.167. The van der Waals surface area contributed by atoms with Crippen molar-refractivity contribution in [2.24, 2.45) is 0 Å². The molecule has 0 atom stereocenters. The molecule has 13 rings (SSSR count). The molecule has 4 nitrogen and oxygen atoms in total. The average molecular weight is 821 g/mol. The van der Waals surface area contributed by atoms with E-state index in [2.05, 4.69) is 221 Å². The molecule has 0 fully saturated rings. The largest absolute Gasteiger partial charge is 0.309 e. The second-order valence-corrected chi connectivity index (χ2v) is 17.2. The lowest BCUT2D eigenvalue weighted by Crippen LogP contribution is -1.98. The topological polar surface area (TPSA) is 35.6 Å². The van der Waals surface area contributed by atoms with Crippen molar-refractivity contribution in [1.82, 2.24) is 19.1 Å². The summed E-state index contributed by atoms with van der Waals surface area (Å²) in [5.41, 5.74) is 15.6. The van der Waals surface area contributed by atoms with Gasteiger partial charge in [-0.3, -0.25) is 0 Å². The first-order chi connectivity index (χ1) is 31.2. The van der Waals surface area contributed by atoms with Crippen LogP contribution < -0.4 is 0 Å². The van der Waals surface area contributed by atoms with E-state index in [0.717, 1.165) is 60.9 Å². The Balaban J connectivity index is 0.937. The molecule has 0 unspecified atom stereocenters. The van der Waals surface area contributed by atoms with E-state index in [4.69, 9.17) is 9.97 Å². The smallest absolute Gasteiger partial charge is 0.124 e. The van der Waals surface area contributed by atoms with Gasteiger partial charge in [-0.15, -0.1) is 11.3 Å². The van der Waals surface area contributed by atoms with Gasteiger partial charge in [0.05, 0.1) is 39.1 Å². The first kappa shape index (κ1) is 35.6. The summed E-state index contributed by atoms with van der Waals surface area (Å²) in [6.45, 7) is 0. The van der Waals surface area contributed by atoms with Crippen LogP contribution >= 0.6 is 11.3 Å². The first-order valence-corrected chi connectivity index (χ1v) is 22.1. The van der Waals surface area contributed by atoms with Crippen LogP contribution in [0.5, 0.6) is 0 Å². The molecule has 0 saturated heterocycles. The summed E-state index contributed by atoms with van der Waals surface area (Å²) in [7, 11) is 0. The molecule has 0 aliphatic rings. The number of rotatable bonds is 6. The summed E-state index contributed by atoms with van der Waals surface area (Å²) in [5, 5.41) is 7.37. The minimum Gasteiger partial charge on any atom is -0.309 e. The fourth-order valence-corrected chi connectivity index (χ4v) is 10.6. The Bertz CT molecular complexity index is 3840. The summed E-state index contributed by atoms with van der Waals surface area (Å²) < 4.78 is 6.08. The van der Waals surface area contributed by atoms with E-state index >= 15 is 0 Å². The lowest BCUT2D eigenvalue weighted by molar-refractivity contribution is 1.16. The molecule has 5 heteroatoms. The molecule has 0 N–H and O–H groups in total. The molecular weight excluding hydrogens is 785 g/mol. The average Bonchev–Trinajstić information content (AvgIpc) is 4.01. The third kappa shape index (κ3) is 5.82. The summed E-state index contributed by atoms with van der Waals surface area (Å²) >= 11 is 1.75. The number of thiophene rings is 1. The molecule has 0 aliphatic heterocycles. The Morgan fingerprint density at radius 3 is 1.56 bits per heavy atom. The van der Waals surface area contributed by atoms with Crippen LogP contribution in [0.15, 0.2) is 219 Å². The van der Waals surface area contributed by atoms with E-state index in [-0.39, 0.29) is 0 Å². The Morgan fingerprint density at radius 1 is 0.317 bits per heavy atom. The van der Waals surface area contributed by atoms with Crippen molar-refractivity contribution < 1.29 is 0 Å². The Morgan fingerprint density at radius 2 is 0.841 bits per heavy atom. The van der Waals surface area contributed by atoms with Crippen LogP contribution in [0.1, 0.15) is 0 Å². The summed E-state index contributed by atoms with van der Waals surface area (Å²) in [6, 6.07) is 76.6. The molecule has 5 heterocycles. The van der Waals surface area contributed by atoms with Gasteiger partial charge < -0.3 is 9.13 Å². The zero-order chi connectivity index (χ0) is 41.4. The monoisotopic (exact) mass is 820 g/mol. The van der Waals surface area contributed by atoms with E-state index in [1.807, 2.05) is 6.20 Å². The third-order valence-corrected chi connectivity index (χ3v) is 13.7. The zero-order valence-corrected chi connectivity index (χ0v) is 34.8. The highest BCUT2D eigenvalue weighted by atomic mass is 32.1.